The average Bonchev–Trinajstić information content (AvgIpc) is 3.21. The number of fused-ring (bicyclic) bond motifs is 3. The summed E-state index contributed by atoms with van der Waals surface area (Å²) in [5, 5.41) is 0. The summed E-state index contributed by atoms with van der Waals surface area (Å²) < 4.78 is 7.42. The first kappa shape index (κ1) is 20.9. The average molecular weight is 440 g/mol. The van der Waals surface area contributed by atoms with Gasteiger partial charge in [-0.2, -0.15) is 0 Å². The zero-order chi connectivity index (χ0) is 22.9. The van der Waals surface area contributed by atoms with E-state index < -0.39 is 17.9 Å². The normalized spacial score (nSPS) is 17.8. The molecule has 5 rings (SSSR count). The van der Waals surface area contributed by atoms with Gasteiger partial charge < -0.3 is 9.30 Å². The van der Waals surface area contributed by atoms with Gasteiger partial charge in [-0.1, -0.05) is 72.3 Å². The second kappa shape index (κ2) is 8.54. The molecule has 0 bridgehead atoms. The molecule has 0 aliphatic carbocycles. The number of carbonyl (C=O) groups is 2. The zero-order valence-electron chi connectivity index (χ0n) is 18.6. The number of imidazole rings is 1. The van der Waals surface area contributed by atoms with Gasteiger partial charge in [0.05, 0.1) is 30.2 Å². The molecule has 1 aromatic heterocycles. The summed E-state index contributed by atoms with van der Waals surface area (Å²) in [6.07, 6.45) is 0. The van der Waals surface area contributed by atoms with Crippen LogP contribution in [0.4, 0.5) is 5.95 Å². The number of aromatic nitrogens is 2. The highest BCUT2D eigenvalue weighted by Crippen LogP contribution is 2.41. The molecule has 6 nitrogen and oxygen atoms in total. The van der Waals surface area contributed by atoms with Gasteiger partial charge in [0.2, 0.25) is 11.9 Å². The number of amides is 1. The van der Waals surface area contributed by atoms with Gasteiger partial charge in [0.15, 0.2) is 5.92 Å². The Hall–Kier alpha value is -3.93. The lowest BCUT2D eigenvalue weighted by Gasteiger charge is -2.38. The van der Waals surface area contributed by atoms with Gasteiger partial charge in [-0.25, -0.2) is 4.98 Å². The molecular weight excluding hydrogens is 414 g/mol. The second-order valence-corrected chi connectivity index (χ2v) is 8.27. The molecular formula is C27H25N3O3. The van der Waals surface area contributed by atoms with E-state index in [0.717, 1.165) is 27.7 Å². The largest absolute Gasteiger partial charge is 0.465 e. The topological polar surface area (TPSA) is 64.4 Å². The summed E-state index contributed by atoms with van der Waals surface area (Å²) in [6.45, 7) is 4.31. The Labute approximate surface area is 192 Å². The van der Waals surface area contributed by atoms with Gasteiger partial charge in [-0.3, -0.25) is 14.5 Å². The van der Waals surface area contributed by atoms with E-state index >= 15 is 0 Å². The molecule has 1 amide bonds. The number of hydrogen-bond acceptors (Lipinski definition) is 4. The third-order valence-electron chi connectivity index (χ3n) is 6.09. The maximum atomic E-state index is 13.9. The van der Waals surface area contributed by atoms with Gasteiger partial charge in [0.25, 0.3) is 0 Å². The van der Waals surface area contributed by atoms with Crippen molar-refractivity contribution in [2.24, 2.45) is 5.92 Å². The minimum absolute atomic E-state index is 0.208. The first-order valence-electron chi connectivity index (χ1n) is 11.1. The molecule has 0 radical (unpaired) electrons. The standard InChI is InChI=1S/C27H25N3O3/c1-3-33-26(32)23-24(20-9-5-4-6-10-20)30-22-12-8-7-11-21(22)28-27(30)29(25(23)31)17-19-15-13-18(2)14-16-19/h4-16,23-24H,3,17H2,1-2H3/t23-,24+/m1/s1. The number of aryl methyl sites for hydroxylation is 1. The van der Waals surface area contributed by atoms with Crippen molar-refractivity contribution in [3.63, 3.8) is 0 Å². The van der Waals surface area contributed by atoms with E-state index in [2.05, 4.69) is 0 Å². The van der Waals surface area contributed by atoms with Crippen LogP contribution < -0.4 is 4.90 Å². The Kier molecular flexibility index (Phi) is 5.42. The molecule has 3 aromatic carbocycles. The summed E-state index contributed by atoms with van der Waals surface area (Å²) in [6, 6.07) is 24.9. The van der Waals surface area contributed by atoms with Crippen LogP contribution in [0.15, 0.2) is 78.9 Å². The SMILES string of the molecule is CCOC(=O)[C@H]1C(=O)N(Cc2ccc(C)cc2)c2nc3ccccc3n2[C@H]1c1ccccc1. The van der Waals surface area contributed by atoms with Crippen LogP contribution in [0, 0.1) is 12.8 Å². The molecule has 1 aliphatic rings. The van der Waals surface area contributed by atoms with E-state index in [1.807, 2.05) is 90.4 Å². The van der Waals surface area contributed by atoms with Crippen molar-refractivity contribution in [2.45, 2.75) is 26.4 Å². The van der Waals surface area contributed by atoms with Crippen LogP contribution in [0.1, 0.15) is 29.7 Å². The van der Waals surface area contributed by atoms with Gasteiger partial charge >= 0.3 is 5.97 Å². The number of rotatable bonds is 5. The van der Waals surface area contributed by atoms with E-state index in [1.165, 1.54) is 0 Å². The van der Waals surface area contributed by atoms with Gasteiger partial charge in [-0.15, -0.1) is 0 Å². The highest BCUT2D eigenvalue weighted by Gasteiger charge is 2.47. The van der Waals surface area contributed by atoms with E-state index in [9.17, 15) is 9.59 Å². The summed E-state index contributed by atoms with van der Waals surface area (Å²) in [5.41, 5.74) is 4.62. The highest BCUT2D eigenvalue weighted by molar-refractivity contribution is 6.08. The predicted octanol–water partition coefficient (Wildman–Crippen LogP) is 4.66. The Morgan fingerprint density at radius 3 is 2.39 bits per heavy atom. The molecule has 0 saturated carbocycles. The van der Waals surface area contributed by atoms with Crippen molar-refractivity contribution in [3.05, 3.63) is 95.6 Å². The summed E-state index contributed by atoms with van der Waals surface area (Å²) >= 11 is 0. The van der Waals surface area contributed by atoms with Crippen LogP contribution in [0.5, 0.6) is 0 Å². The smallest absolute Gasteiger partial charge is 0.321 e. The van der Waals surface area contributed by atoms with Crippen LogP contribution >= 0.6 is 0 Å². The molecule has 0 spiro atoms. The lowest BCUT2D eigenvalue weighted by Crippen LogP contribution is -2.49. The lowest BCUT2D eigenvalue weighted by atomic mass is 9.89. The number of esters is 1. The fraction of sp³-hybridized carbons (Fsp3) is 0.222. The number of para-hydroxylation sites is 2. The molecule has 0 saturated heterocycles. The lowest BCUT2D eigenvalue weighted by molar-refractivity contribution is -0.153. The Morgan fingerprint density at radius 1 is 0.970 bits per heavy atom. The zero-order valence-corrected chi connectivity index (χ0v) is 18.6. The number of benzene rings is 3. The predicted molar refractivity (Wildman–Crippen MR) is 127 cm³/mol. The van der Waals surface area contributed by atoms with Crippen molar-refractivity contribution in [1.29, 1.82) is 0 Å². The molecule has 1 aliphatic heterocycles. The summed E-state index contributed by atoms with van der Waals surface area (Å²) in [7, 11) is 0. The molecule has 6 heteroatoms. The molecule has 2 heterocycles. The van der Waals surface area contributed by atoms with Gasteiger partial charge in [0, 0.05) is 0 Å². The first-order chi connectivity index (χ1) is 16.1. The monoisotopic (exact) mass is 439 g/mol. The van der Waals surface area contributed by atoms with E-state index in [1.54, 1.807) is 11.8 Å². The molecule has 0 fully saturated rings. The van der Waals surface area contributed by atoms with Crippen LogP contribution in [0.3, 0.4) is 0 Å². The number of carbonyl (C=O) groups excluding carboxylic acids is 2. The Bertz CT molecular complexity index is 1310. The molecule has 4 aromatic rings. The maximum Gasteiger partial charge on any atom is 0.321 e. The van der Waals surface area contributed by atoms with Crippen LogP contribution in [-0.2, 0) is 20.9 Å². The highest BCUT2D eigenvalue weighted by atomic mass is 16.5. The number of anilines is 1. The third-order valence-corrected chi connectivity index (χ3v) is 6.09. The summed E-state index contributed by atoms with van der Waals surface area (Å²) in [5.74, 6) is -1.29. The maximum absolute atomic E-state index is 13.9. The fourth-order valence-electron chi connectivity index (χ4n) is 4.53. The Morgan fingerprint density at radius 2 is 1.67 bits per heavy atom. The minimum Gasteiger partial charge on any atom is -0.465 e. The first-order valence-corrected chi connectivity index (χ1v) is 11.1. The minimum atomic E-state index is -1.01. The quantitative estimate of drug-likeness (QED) is 0.335. The van der Waals surface area contributed by atoms with Crippen molar-refractivity contribution in [3.8, 4) is 0 Å². The van der Waals surface area contributed by atoms with Crippen LogP contribution in [-0.4, -0.2) is 28.0 Å². The van der Waals surface area contributed by atoms with Crippen molar-refractivity contribution in [2.75, 3.05) is 11.5 Å². The number of hydrogen-bond donors (Lipinski definition) is 0. The molecule has 0 unspecified atom stereocenters. The fourth-order valence-corrected chi connectivity index (χ4v) is 4.53. The van der Waals surface area contributed by atoms with Crippen molar-refractivity contribution in [1.82, 2.24) is 9.55 Å². The van der Waals surface area contributed by atoms with Crippen LogP contribution in [0.25, 0.3) is 11.0 Å². The summed E-state index contributed by atoms with van der Waals surface area (Å²) in [4.78, 5) is 33.6. The second-order valence-electron chi connectivity index (χ2n) is 8.27. The number of ether oxygens (including phenoxy) is 1. The van der Waals surface area contributed by atoms with Crippen molar-refractivity contribution < 1.29 is 14.3 Å². The van der Waals surface area contributed by atoms with Gasteiger partial charge in [0.1, 0.15) is 0 Å². The third kappa shape index (κ3) is 3.67. The molecule has 2 atom stereocenters. The molecule has 0 N–H and O–H groups in total. The van der Waals surface area contributed by atoms with Crippen molar-refractivity contribution >= 4 is 28.9 Å². The van der Waals surface area contributed by atoms with Gasteiger partial charge in [-0.05, 0) is 37.1 Å². The van der Waals surface area contributed by atoms with Crippen LogP contribution in [0.2, 0.25) is 0 Å². The molecule has 33 heavy (non-hydrogen) atoms. The van der Waals surface area contributed by atoms with E-state index in [0.29, 0.717) is 12.5 Å². The van der Waals surface area contributed by atoms with E-state index in [4.69, 9.17) is 9.72 Å². The molecule has 166 valence electrons. The van der Waals surface area contributed by atoms with E-state index in [-0.39, 0.29) is 12.5 Å². The Balaban J connectivity index is 1.73. The number of nitrogens with zero attached hydrogens (tertiary/aromatic N) is 3.